The minimum atomic E-state index is -0.309. The van der Waals surface area contributed by atoms with Gasteiger partial charge in [-0.15, -0.1) is 0 Å². The molecule has 0 spiro atoms. The molecule has 0 heterocycles. The van der Waals surface area contributed by atoms with Gasteiger partial charge in [0.25, 0.3) is 5.91 Å². The number of carbonyl (C=O) groups excluding carboxylic acids is 2. The van der Waals surface area contributed by atoms with Crippen LogP contribution in [0.4, 0.5) is 5.69 Å². The van der Waals surface area contributed by atoms with E-state index in [1.54, 1.807) is 18.2 Å². The molecule has 1 aromatic carbocycles. The van der Waals surface area contributed by atoms with E-state index in [-0.39, 0.29) is 18.4 Å². The van der Waals surface area contributed by atoms with Crippen LogP contribution < -0.4 is 10.6 Å². The van der Waals surface area contributed by atoms with Crippen LogP contribution in [0, 0.1) is 0 Å². The van der Waals surface area contributed by atoms with Crippen molar-refractivity contribution in [3.8, 4) is 0 Å². The molecule has 0 bridgehead atoms. The average Bonchev–Trinajstić information content (AvgIpc) is 2.28. The third-order valence-corrected chi connectivity index (χ3v) is 2.50. The zero-order chi connectivity index (χ0) is 12.8. The molecule has 0 aliphatic carbocycles. The fraction of sp³-hybridized carbons (Fsp3) is 0.273. The second-order valence-electron chi connectivity index (χ2n) is 3.25. The Morgan fingerprint density at radius 2 is 2.12 bits per heavy atom. The van der Waals surface area contributed by atoms with Crippen LogP contribution in [0.15, 0.2) is 22.7 Å². The summed E-state index contributed by atoms with van der Waals surface area (Å²) >= 11 is 3.28. The van der Waals surface area contributed by atoms with Crippen LogP contribution in [-0.2, 0) is 9.53 Å². The number of halogens is 1. The molecule has 0 saturated heterocycles. The zero-order valence-corrected chi connectivity index (χ0v) is 11.1. The number of carbonyl (C=O) groups is 2. The van der Waals surface area contributed by atoms with Gasteiger partial charge in [-0.3, -0.25) is 9.59 Å². The monoisotopic (exact) mass is 300 g/mol. The summed E-state index contributed by atoms with van der Waals surface area (Å²) in [5.41, 5.74) is 0.848. The van der Waals surface area contributed by atoms with E-state index in [9.17, 15) is 9.59 Å². The van der Waals surface area contributed by atoms with Crippen molar-refractivity contribution in [2.75, 3.05) is 26.1 Å². The third-order valence-electron chi connectivity index (χ3n) is 2.00. The summed E-state index contributed by atoms with van der Waals surface area (Å²) in [6.07, 6.45) is 0. The Balaban J connectivity index is 2.99. The van der Waals surface area contributed by atoms with Crippen molar-refractivity contribution in [1.29, 1.82) is 0 Å². The minimum absolute atomic E-state index is 0.0559. The molecule has 2 N–H and O–H groups in total. The number of nitrogens with one attached hydrogen (secondary N) is 2. The molecule has 0 saturated carbocycles. The lowest BCUT2D eigenvalue weighted by molar-refractivity contribution is -0.119. The van der Waals surface area contributed by atoms with Crippen molar-refractivity contribution in [2.24, 2.45) is 0 Å². The Bertz CT molecular complexity index is 435. The number of amides is 2. The maximum atomic E-state index is 11.6. The van der Waals surface area contributed by atoms with Gasteiger partial charge >= 0.3 is 0 Å². The summed E-state index contributed by atoms with van der Waals surface area (Å²) in [5.74, 6) is -0.569. The SMILES string of the molecule is CNC(=O)c1ccc(Br)cc1NC(=O)COC. The van der Waals surface area contributed by atoms with E-state index in [0.717, 1.165) is 4.47 Å². The molecule has 6 heteroatoms. The second-order valence-corrected chi connectivity index (χ2v) is 4.17. The van der Waals surface area contributed by atoms with Crippen LogP contribution in [0.25, 0.3) is 0 Å². The van der Waals surface area contributed by atoms with Crippen molar-refractivity contribution >= 4 is 33.4 Å². The van der Waals surface area contributed by atoms with E-state index in [1.165, 1.54) is 14.2 Å². The molecule has 0 aromatic heterocycles. The number of anilines is 1. The van der Waals surface area contributed by atoms with Gasteiger partial charge in [0.2, 0.25) is 5.91 Å². The standard InChI is InChI=1S/C11H13BrN2O3/c1-13-11(16)8-4-3-7(12)5-9(8)14-10(15)6-17-2/h3-5H,6H2,1-2H3,(H,13,16)(H,14,15). The van der Waals surface area contributed by atoms with Crippen LogP contribution in [0.5, 0.6) is 0 Å². The molecule has 17 heavy (non-hydrogen) atoms. The lowest BCUT2D eigenvalue weighted by atomic mass is 10.1. The van der Waals surface area contributed by atoms with Gasteiger partial charge in [-0.05, 0) is 18.2 Å². The first-order valence-corrected chi connectivity index (χ1v) is 5.68. The van der Waals surface area contributed by atoms with Crippen LogP contribution >= 0.6 is 15.9 Å². The number of ether oxygens (including phenoxy) is 1. The highest BCUT2D eigenvalue weighted by molar-refractivity contribution is 9.10. The van der Waals surface area contributed by atoms with E-state index in [2.05, 4.69) is 26.6 Å². The first-order valence-electron chi connectivity index (χ1n) is 4.89. The Morgan fingerprint density at radius 1 is 1.41 bits per heavy atom. The molecule has 1 rings (SSSR count). The van der Waals surface area contributed by atoms with Gasteiger partial charge < -0.3 is 15.4 Å². The number of benzene rings is 1. The van der Waals surface area contributed by atoms with Gasteiger partial charge in [0.1, 0.15) is 6.61 Å². The number of rotatable bonds is 4. The number of hydrogen-bond donors (Lipinski definition) is 2. The minimum Gasteiger partial charge on any atom is -0.375 e. The highest BCUT2D eigenvalue weighted by Crippen LogP contribution is 2.21. The Kier molecular flexibility index (Phi) is 5.11. The molecule has 0 unspecified atom stereocenters. The molecule has 92 valence electrons. The van der Waals surface area contributed by atoms with E-state index in [4.69, 9.17) is 4.74 Å². The summed E-state index contributed by atoms with van der Waals surface area (Å²) in [6.45, 7) is -0.0559. The molecule has 2 amide bonds. The fourth-order valence-electron chi connectivity index (χ4n) is 1.27. The first kappa shape index (κ1) is 13.7. The highest BCUT2D eigenvalue weighted by Gasteiger charge is 2.12. The summed E-state index contributed by atoms with van der Waals surface area (Å²) in [5, 5.41) is 5.12. The first-order chi connectivity index (χ1) is 8.08. The number of methoxy groups -OCH3 is 1. The third kappa shape index (κ3) is 3.83. The molecule has 5 nitrogen and oxygen atoms in total. The largest absolute Gasteiger partial charge is 0.375 e. The topological polar surface area (TPSA) is 67.4 Å². The molecular formula is C11H13BrN2O3. The quantitative estimate of drug-likeness (QED) is 0.883. The van der Waals surface area contributed by atoms with Crippen LogP contribution in [0.1, 0.15) is 10.4 Å². The van der Waals surface area contributed by atoms with E-state index >= 15 is 0 Å². The highest BCUT2D eigenvalue weighted by atomic mass is 79.9. The molecule has 0 fully saturated rings. The molecule has 0 aliphatic rings. The number of hydrogen-bond acceptors (Lipinski definition) is 3. The van der Waals surface area contributed by atoms with Gasteiger partial charge in [-0.2, -0.15) is 0 Å². The van der Waals surface area contributed by atoms with E-state index in [0.29, 0.717) is 11.3 Å². The van der Waals surface area contributed by atoms with E-state index in [1.807, 2.05) is 0 Å². The maximum Gasteiger partial charge on any atom is 0.253 e. The molecule has 0 atom stereocenters. The predicted octanol–water partition coefficient (Wildman–Crippen LogP) is 1.39. The Hall–Kier alpha value is -1.40. The van der Waals surface area contributed by atoms with Crippen molar-refractivity contribution < 1.29 is 14.3 Å². The van der Waals surface area contributed by atoms with Crippen LogP contribution in [0.3, 0.4) is 0 Å². The Labute approximate surface area is 108 Å². The smallest absolute Gasteiger partial charge is 0.253 e. The lowest BCUT2D eigenvalue weighted by Crippen LogP contribution is -2.23. The molecule has 0 aliphatic heterocycles. The van der Waals surface area contributed by atoms with Crippen molar-refractivity contribution in [2.45, 2.75) is 0 Å². The summed E-state index contributed by atoms with van der Waals surface area (Å²) < 4.78 is 5.48. The fourth-order valence-corrected chi connectivity index (χ4v) is 1.63. The van der Waals surface area contributed by atoms with Gasteiger partial charge in [-0.25, -0.2) is 0 Å². The predicted molar refractivity (Wildman–Crippen MR) is 68.0 cm³/mol. The summed E-state index contributed by atoms with van der Waals surface area (Å²) in [7, 11) is 2.96. The maximum absolute atomic E-state index is 11.6. The van der Waals surface area contributed by atoms with Crippen LogP contribution in [0.2, 0.25) is 0 Å². The van der Waals surface area contributed by atoms with E-state index < -0.39 is 0 Å². The van der Waals surface area contributed by atoms with Gasteiger partial charge in [0.05, 0.1) is 11.3 Å². The molecule has 1 aromatic rings. The normalized spacial score (nSPS) is 9.82. The molecule has 0 radical (unpaired) electrons. The van der Waals surface area contributed by atoms with Crippen molar-refractivity contribution in [1.82, 2.24) is 5.32 Å². The molecular weight excluding hydrogens is 288 g/mol. The van der Waals surface area contributed by atoms with Gasteiger partial charge in [-0.1, -0.05) is 15.9 Å². The average molecular weight is 301 g/mol. The van der Waals surface area contributed by atoms with Crippen molar-refractivity contribution in [3.63, 3.8) is 0 Å². The second kappa shape index (κ2) is 6.36. The Morgan fingerprint density at radius 3 is 2.71 bits per heavy atom. The van der Waals surface area contributed by atoms with Crippen LogP contribution in [-0.4, -0.2) is 32.6 Å². The summed E-state index contributed by atoms with van der Waals surface area (Å²) in [6, 6.07) is 5.03. The van der Waals surface area contributed by atoms with Gasteiger partial charge in [0.15, 0.2) is 0 Å². The van der Waals surface area contributed by atoms with Gasteiger partial charge in [0, 0.05) is 18.6 Å². The zero-order valence-electron chi connectivity index (χ0n) is 9.54. The lowest BCUT2D eigenvalue weighted by Gasteiger charge is -2.10. The van der Waals surface area contributed by atoms with Crippen molar-refractivity contribution in [3.05, 3.63) is 28.2 Å². The summed E-state index contributed by atoms with van der Waals surface area (Å²) in [4.78, 5) is 23.0.